The van der Waals surface area contributed by atoms with Crippen LogP contribution in [0, 0.1) is 0 Å². The molecule has 8 heteroatoms. The summed E-state index contributed by atoms with van der Waals surface area (Å²) in [5.41, 5.74) is 0. The average Bonchev–Trinajstić information content (AvgIpc) is 3.09. The molecule has 136 valence electrons. The van der Waals surface area contributed by atoms with Gasteiger partial charge >= 0.3 is 0 Å². The molecule has 1 aromatic rings. The summed E-state index contributed by atoms with van der Waals surface area (Å²) in [7, 11) is -3.04. The molecule has 2 aliphatic heterocycles. The van der Waals surface area contributed by atoms with Crippen molar-refractivity contribution in [1.82, 2.24) is 14.2 Å². The van der Waals surface area contributed by atoms with Crippen LogP contribution in [-0.4, -0.2) is 66.7 Å². The molecule has 0 aliphatic carbocycles. The van der Waals surface area contributed by atoms with Gasteiger partial charge in [-0.15, -0.1) is 0 Å². The van der Waals surface area contributed by atoms with Crippen LogP contribution in [0.5, 0.6) is 5.19 Å². The van der Waals surface area contributed by atoms with Gasteiger partial charge in [0.25, 0.3) is 5.19 Å². The zero-order valence-corrected chi connectivity index (χ0v) is 15.9. The molecule has 2 saturated heterocycles. The maximum Gasteiger partial charge on any atom is 0.273 e. The van der Waals surface area contributed by atoms with Crippen molar-refractivity contribution in [2.45, 2.75) is 51.2 Å². The van der Waals surface area contributed by atoms with Gasteiger partial charge in [-0.3, -0.25) is 0 Å². The number of piperidine rings is 2. The summed E-state index contributed by atoms with van der Waals surface area (Å²) in [5.74, 6) is 0.275. The lowest BCUT2D eigenvalue weighted by atomic mass is 10.00. The van der Waals surface area contributed by atoms with E-state index in [4.69, 9.17) is 4.74 Å². The van der Waals surface area contributed by atoms with Crippen molar-refractivity contribution in [2.24, 2.45) is 0 Å². The highest BCUT2D eigenvalue weighted by molar-refractivity contribution is 7.89. The molecule has 0 spiro atoms. The molecule has 1 aromatic heterocycles. The second-order valence-electron chi connectivity index (χ2n) is 6.60. The molecule has 0 N–H and O–H groups in total. The SMILES string of the molecule is CCCS(=O)(=O)N1CCC(N2CCC(Oc3nccs3)CC2)CC1. The number of likely N-dealkylation sites (tertiary alicyclic amines) is 1. The molecule has 24 heavy (non-hydrogen) atoms. The molecule has 2 aliphatic rings. The molecule has 0 radical (unpaired) electrons. The van der Waals surface area contributed by atoms with Crippen LogP contribution in [0.15, 0.2) is 11.6 Å². The minimum absolute atomic E-state index is 0.262. The van der Waals surface area contributed by atoms with Crippen LogP contribution < -0.4 is 4.74 Å². The van der Waals surface area contributed by atoms with Crippen molar-refractivity contribution < 1.29 is 13.2 Å². The second-order valence-corrected chi connectivity index (χ2v) is 9.54. The van der Waals surface area contributed by atoms with Crippen molar-refractivity contribution in [3.05, 3.63) is 11.6 Å². The number of hydrogen-bond donors (Lipinski definition) is 0. The number of nitrogens with zero attached hydrogens (tertiary/aromatic N) is 3. The quantitative estimate of drug-likeness (QED) is 0.765. The molecule has 0 saturated carbocycles. The number of rotatable bonds is 6. The zero-order valence-electron chi connectivity index (χ0n) is 14.3. The average molecular weight is 374 g/mol. The highest BCUT2D eigenvalue weighted by Crippen LogP contribution is 2.25. The molecular weight excluding hydrogens is 346 g/mol. The van der Waals surface area contributed by atoms with E-state index in [9.17, 15) is 8.42 Å². The number of ether oxygens (including phenoxy) is 1. The van der Waals surface area contributed by atoms with Gasteiger partial charge in [-0.05, 0) is 32.1 Å². The minimum atomic E-state index is -3.04. The van der Waals surface area contributed by atoms with Gasteiger partial charge in [-0.25, -0.2) is 17.7 Å². The van der Waals surface area contributed by atoms with Crippen LogP contribution in [-0.2, 0) is 10.0 Å². The Balaban J connectivity index is 1.43. The molecule has 3 rings (SSSR count). The Hall–Kier alpha value is -0.700. The molecule has 6 nitrogen and oxygen atoms in total. The predicted octanol–water partition coefficient (Wildman–Crippen LogP) is 2.19. The lowest BCUT2D eigenvalue weighted by Gasteiger charge is -2.41. The van der Waals surface area contributed by atoms with Crippen molar-refractivity contribution in [2.75, 3.05) is 31.9 Å². The van der Waals surface area contributed by atoms with Crippen molar-refractivity contribution in [1.29, 1.82) is 0 Å². The molecule has 0 atom stereocenters. The third-order valence-corrected chi connectivity index (χ3v) is 7.69. The summed E-state index contributed by atoms with van der Waals surface area (Å²) in [4.78, 5) is 6.71. The number of aromatic nitrogens is 1. The fraction of sp³-hybridized carbons (Fsp3) is 0.812. The van der Waals surface area contributed by atoms with Gasteiger partial charge in [0.1, 0.15) is 6.10 Å². The van der Waals surface area contributed by atoms with Crippen molar-refractivity contribution >= 4 is 21.4 Å². The van der Waals surface area contributed by atoms with Gasteiger partial charge in [0, 0.05) is 43.8 Å². The van der Waals surface area contributed by atoms with E-state index in [1.807, 2.05) is 12.3 Å². The highest BCUT2D eigenvalue weighted by atomic mass is 32.2. The minimum Gasteiger partial charge on any atom is -0.467 e. The first-order valence-corrected chi connectivity index (χ1v) is 11.4. The van der Waals surface area contributed by atoms with Crippen molar-refractivity contribution in [3.8, 4) is 5.19 Å². The largest absolute Gasteiger partial charge is 0.467 e. The third kappa shape index (κ3) is 4.47. The van der Waals surface area contributed by atoms with Crippen LogP contribution in [0.25, 0.3) is 0 Å². The summed E-state index contributed by atoms with van der Waals surface area (Å²) in [6.07, 6.45) is 6.66. The Bertz CT molecular complexity index is 590. The van der Waals surface area contributed by atoms with Gasteiger partial charge in [0.15, 0.2) is 0 Å². The normalized spacial score (nSPS) is 22.7. The van der Waals surface area contributed by atoms with E-state index in [-0.39, 0.29) is 11.9 Å². The van der Waals surface area contributed by atoms with E-state index in [0.717, 1.165) is 44.0 Å². The first-order valence-electron chi connectivity index (χ1n) is 8.86. The van der Waals surface area contributed by atoms with E-state index in [1.165, 1.54) is 0 Å². The van der Waals surface area contributed by atoms with E-state index in [0.29, 0.717) is 25.6 Å². The summed E-state index contributed by atoms with van der Waals surface area (Å²) in [6, 6.07) is 0.513. The lowest BCUT2D eigenvalue weighted by Crippen LogP contribution is -2.50. The first-order chi connectivity index (χ1) is 11.6. The summed E-state index contributed by atoms with van der Waals surface area (Å²) in [5, 5.41) is 2.70. The van der Waals surface area contributed by atoms with Gasteiger partial charge in [-0.2, -0.15) is 0 Å². The standard InChI is InChI=1S/C16H27N3O3S2/c1-2-13-24(20,21)19-10-3-14(4-11-19)18-8-5-15(6-9-18)22-16-17-7-12-23-16/h7,12,14-15H,2-6,8-11,13H2,1H3. The summed E-state index contributed by atoms with van der Waals surface area (Å²) < 4.78 is 31.9. The molecule has 2 fully saturated rings. The monoisotopic (exact) mass is 373 g/mol. The molecule has 3 heterocycles. The van der Waals surface area contributed by atoms with Crippen LogP contribution in [0.2, 0.25) is 0 Å². The Morgan fingerprint density at radius 1 is 1.21 bits per heavy atom. The van der Waals surface area contributed by atoms with Crippen LogP contribution in [0.1, 0.15) is 39.0 Å². The molecule has 0 amide bonds. The van der Waals surface area contributed by atoms with Gasteiger partial charge < -0.3 is 9.64 Å². The van der Waals surface area contributed by atoms with E-state index < -0.39 is 10.0 Å². The van der Waals surface area contributed by atoms with E-state index >= 15 is 0 Å². The molecule has 0 bridgehead atoms. The maximum absolute atomic E-state index is 12.2. The van der Waals surface area contributed by atoms with Gasteiger partial charge in [0.2, 0.25) is 10.0 Å². The fourth-order valence-electron chi connectivity index (χ4n) is 3.64. The fourth-order valence-corrected chi connectivity index (χ4v) is 5.74. The highest BCUT2D eigenvalue weighted by Gasteiger charge is 2.32. The topological polar surface area (TPSA) is 62.7 Å². The smallest absolute Gasteiger partial charge is 0.273 e. The Labute approximate surface area is 148 Å². The first kappa shape index (κ1) is 18.1. The maximum atomic E-state index is 12.2. The van der Waals surface area contributed by atoms with Gasteiger partial charge in [-0.1, -0.05) is 18.3 Å². The Morgan fingerprint density at radius 2 is 1.92 bits per heavy atom. The molecular formula is C16H27N3O3S2. The van der Waals surface area contributed by atoms with Crippen molar-refractivity contribution in [3.63, 3.8) is 0 Å². The molecule has 0 aromatic carbocycles. The van der Waals surface area contributed by atoms with Crippen LogP contribution in [0.3, 0.4) is 0 Å². The Kier molecular flexibility index (Phi) is 6.12. The number of thiazole rings is 1. The van der Waals surface area contributed by atoms with Crippen LogP contribution >= 0.6 is 11.3 Å². The summed E-state index contributed by atoms with van der Waals surface area (Å²) >= 11 is 1.54. The zero-order chi connectivity index (χ0) is 17.0. The van der Waals surface area contributed by atoms with E-state index in [2.05, 4.69) is 9.88 Å². The van der Waals surface area contributed by atoms with Crippen LogP contribution in [0.4, 0.5) is 0 Å². The van der Waals surface area contributed by atoms with E-state index in [1.54, 1.807) is 21.8 Å². The third-order valence-electron chi connectivity index (χ3n) is 4.95. The Morgan fingerprint density at radius 3 is 2.50 bits per heavy atom. The summed E-state index contributed by atoms with van der Waals surface area (Å²) in [6.45, 7) is 5.32. The lowest BCUT2D eigenvalue weighted by molar-refractivity contribution is 0.0584. The second kappa shape index (κ2) is 8.12. The number of sulfonamides is 1. The number of hydrogen-bond acceptors (Lipinski definition) is 6. The van der Waals surface area contributed by atoms with Gasteiger partial charge in [0.05, 0.1) is 5.75 Å². The predicted molar refractivity (Wildman–Crippen MR) is 96.0 cm³/mol. The molecule has 0 unspecified atom stereocenters.